The Bertz CT molecular complexity index is 1680. The van der Waals surface area contributed by atoms with Crippen LogP contribution in [-0.2, 0) is 14.4 Å². The molecule has 3 aromatic rings. The highest BCUT2D eigenvalue weighted by Crippen LogP contribution is 2.45. The molecule has 2 N–H and O–H groups in total. The Kier molecular flexibility index (Phi) is 9.05. The van der Waals surface area contributed by atoms with Crippen LogP contribution in [0.25, 0.3) is 21.6 Å². The van der Waals surface area contributed by atoms with Crippen molar-refractivity contribution in [3.63, 3.8) is 0 Å². The number of nitrogens with zero attached hydrogens (tertiary/aromatic N) is 3. The molecule has 4 unspecified atom stereocenters. The summed E-state index contributed by atoms with van der Waals surface area (Å²) in [6.45, 7) is 6.38. The Balaban J connectivity index is 1.33. The van der Waals surface area contributed by atoms with Crippen LogP contribution in [0.15, 0.2) is 35.7 Å². The fourth-order valence-electron chi connectivity index (χ4n) is 6.63. The minimum atomic E-state index is -1.34. The van der Waals surface area contributed by atoms with Crippen LogP contribution >= 0.6 is 11.3 Å². The second-order valence-electron chi connectivity index (χ2n) is 13.0. The molecule has 1 saturated heterocycles. The summed E-state index contributed by atoms with van der Waals surface area (Å²) in [6, 6.07) is 4.85. The maximum absolute atomic E-state index is 13.8. The van der Waals surface area contributed by atoms with Gasteiger partial charge in [-0.25, -0.2) is 14.8 Å². The third kappa shape index (κ3) is 6.21. The maximum atomic E-state index is 13.8. The number of carboxylic acids is 1. The Labute approximate surface area is 273 Å². The molecule has 4 atom stereocenters. The van der Waals surface area contributed by atoms with E-state index in [4.69, 9.17) is 19.4 Å². The van der Waals surface area contributed by atoms with E-state index < -0.39 is 29.6 Å². The number of carboxylic acid groups (broad SMARTS) is 1. The predicted octanol–water partition coefficient (Wildman–Crippen LogP) is 6.02. The Morgan fingerprint density at radius 3 is 2.70 bits per heavy atom. The number of aromatic nitrogens is 2. The number of nitrogens with one attached hydrogen (secondary N) is 1. The lowest BCUT2D eigenvalue weighted by atomic mass is 10.1. The van der Waals surface area contributed by atoms with Crippen LogP contribution in [0.1, 0.15) is 82.4 Å². The molecule has 0 spiro atoms. The summed E-state index contributed by atoms with van der Waals surface area (Å²) in [5, 5.41) is 16.5. The number of rotatable bonds is 6. The molecule has 2 aromatic heterocycles. The number of hydrogen-bond acceptors (Lipinski definition) is 8. The molecule has 1 aliphatic carbocycles. The highest BCUT2D eigenvalue weighted by Gasteiger charge is 2.61. The van der Waals surface area contributed by atoms with Crippen molar-refractivity contribution in [2.45, 2.75) is 95.7 Å². The third-order valence-electron chi connectivity index (χ3n) is 9.50. The zero-order valence-corrected chi connectivity index (χ0v) is 27.7. The first-order chi connectivity index (χ1) is 22.1. The van der Waals surface area contributed by atoms with E-state index in [2.05, 4.69) is 19.2 Å². The Morgan fingerprint density at radius 2 is 1.96 bits per heavy atom. The first kappa shape index (κ1) is 32.0. The highest BCUT2D eigenvalue weighted by molar-refractivity contribution is 7.13. The van der Waals surface area contributed by atoms with Gasteiger partial charge >= 0.3 is 5.97 Å². The zero-order chi connectivity index (χ0) is 32.6. The van der Waals surface area contributed by atoms with E-state index in [-0.39, 0.29) is 30.7 Å². The summed E-state index contributed by atoms with van der Waals surface area (Å²) in [4.78, 5) is 51.0. The molecule has 4 heterocycles. The first-order valence-corrected chi connectivity index (χ1v) is 17.1. The van der Waals surface area contributed by atoms with Gasteiger partial charge in [0.15, 0.2) is 0 Å². The van der Waals surface area contributed by atoms with Gasteiger partial charge in [-0.1, -0.05) is 38.8 Å². The molecule has 1 saturated carbocycles. The first-order valence-electron chi connectivity index (χ1n) is 16.2. The van der Waals surface area contributed by atoms with Gasteiger partial charge in [-0.15, -0.1) is 11.3 Å². The third-order valence-corrected chi connectivity index (χ3v) is 10.4. The van der Waals surface area contributed by atoms with Gasteiger partial charge in [-0.2, -0.15) is 0 Å². The summed E-state index contributed by atoms with van der Waals surface area (Å²) in [7, 11) is 1.63. The van der Waals surface area contributed by atoms with Crippen molar-refractivity contribution in [3.05, 3.63) is 47.0 Å². The van der Waals surface area contributed by atoms with Crippen LogP contribution in [-0.4, -0.2) is 69.1 Å². The summed E-state index contributed by atoms with van der Waals surface area (Å²) >= 11 is 1.53. The molecule has 11 heteroatoms. The van der Waals surface area contributed by atoms with E-state index >= 15 is 0 Å². The van der Waals surface area contributed by atoms with Crippen molar-refractivity contribution in [2.24, 2.45) is 5.92 Å². The number of methoxy groups -OCH3 is 1. The van der Waals surface area contributed by atoms with E-state index in [0.29, 0.717) is 30.0 Å². The van der Waals surface area contributed by atoms with Gasteiger partial charge < -0.3 is 24.8 Å². The van der Waals surface area contributed by atoms with Gasteiger partial charge in [0.2, 0.25) is 11.8 Å². The number of fused-ring (bicyclic) bond motifs is 3. The molecule has 6 rings (SSSR count). The smallest absolute Gasteiger partial charge is 0.330 e. The van der Waals surface area contributed by atoms with Crippen LogP contribution in [0.2, 0.25) is 0 Å². The van der Waals surface area contributed by atoms with Crippen molar-refractivity contribution >= 4 is 40.0 Å². The summed E-state index contributed by atoms with van der Waals surface area (Å²) in [5.41, 5.74) is 1.92. The molecule has 0 bridgehead atoms. The molecule has 10 nitrogen and oxygen atoms in total. The van der Waals surface area contributed by atoms with Gasteiger partial charge in [0, 0.05) is 41.2 Å². The minimum Gasteiger partial charge on any atom is -0.496 e. The quantitative estimate of drug-likeness (QED) is 0.311. The van der Waals surface area contributed by atoms with Crippen LogP contribution in [0, 0.1) is 12.8 Å². The number of benzene rings is 1. The molecule has 0 radical (unpaired) electrons. The molecular formula is C35H42N4O6S. The molecule has 2 aliphatic heterocycles. The number of carbonyl (C=O) groups is 3. The standard InChI is InChI=1S/C35H42N4O6S/c1-20(2)26-19-46-33(37-26)25-16-29(24-13-14-28(44-4)21(3)31(24)36-25)45-23-15-27-32(41)38-35(34(42)43)17-22(35)11-9-7-5-6-8-10-12-30(40)39(27)18-23/h9,11,13-14,16,19-20,22-23,27H,5-8,10,12,15,17-18H2,1-4H3,(H,38,41)(H,42,43)/b11-9+. The van der Waals surface area contributed by atoms with Crippen LogP contribution in [0.4, 0.5) is 0 Å². The molecule has 1 aromatic carbocycles. The second kappa shape index (κ2) is 13.0. The molecule has 46 heavy (non-hydrogen) atoms. The predicted molar refractivity (Wildman–Crippen MR) is 176 cm³/mol. The van der Waals surface area contributed by atoms with Crippen LogP contribution in [0.3, 0.4) is 0 Å². The lowest BCUT2D eigenvalue weighted by molar-refractivity contribution is -0.145. The lowest BCUT2D eigenvalue weighted by Crippen LogP contribution is -2.53. The largest absolute Gasteiger partial charge is 0.496 e. The number of aryl methyl sites for hydroxylation is 1. The summed E-state index contributed by atoms with van der Waals surface area (Å²) in [6.07, 6.45) is 8.90. The average Bonchev–Trinajstić information content (AvgIpc) is 3.33. The number of aliphatic carboxylic acids is 1. The SMILES string of the molecule is COc1ccc2c(OC3CC4C(=O)NC5(C(=O)O)CC5/C=C/CCCCCCC(=O)N4C3)cc(-c3nc(C(C)C)cs3)nc2c1C. The van der Waals surface area contributed by atoms with E-state index in [0.717, 1.165) is 59.3 Å². The summed E-state index contributed by atoms with van der Waals surface area (Å²) < 4.78 is 12.3. The van der Waals surface area contributed by atoms with E-state index in [1.165, 1.54) is 11.3 Å². The van der Waals surface area contributed by atoms with E-state index in [9.17, 15) is 19.5 Å². The zero-order valence-electron chi connectivity index (χ0n) is 26.9. The Hall–Kier alpha value is -3.99. The average molecular weight is 647 g/mol. The molecule has 2 amide bonds. The van der Waals surface area contributed by atoms with E-state index in [1.807, 2.05) is 42.7 Å². The number of amides is 2. The van der Waals surface area contributed by atoms with Gasteiger partial charge in [0.05, 0.1) is 24.9 Å². The van der Waals surface area contributed by atoms with Gasteiger partial charge in [0.25, 0.3) is 0 Å². The number of thiazole rings is 1. The fraction of sp³-hybridized carbons (Fsp3) is 0.514. The topological polar surface area (TPSA) is 131 Å². The molecule has 244 valence electrons. The van der Waals surface area contributed by atoms with Crippen molar-refractivity contribution in [1.82, 2.24) is 20.2 Å². The lowest BCUT2D eigenvalue weighted by Gasteiger charge is -2.25. The number of pyridine rings is 1. The number of allylic oxidation sites excluding steroid dienone is 1. The second-order valence-corrected chi connectivity index (χ2v) is 13.9. The number of ether oxygens (including phenoxy) is 2. The van der Waals surface area contributed by atoms with E-state index in [1.54, 1.807) is 12.0 Å². The van der Waals surface area contributed by atoms with Crippen LogP contribution < -0.4 is 14.8 Å². The number of hydrogen-bond donors (Lipinski definition) is 2. The van der Waals surface area contributed by atoms with Gasteiger partial charge in [-0.05, 0) is 50.7 Å². The molecule has 2 fully saturated rings. The highest BCUT2D eigenvalue weighted by atomic mass is 32.1. The maximum Gasteiger partial charge on any atom is 0.330 e. The number of carbonyl (C=O) groups excluding carboxylic acids is 2. The van der Waals surface area contributed by atoms with Crippen LogP contribution in [0.5, 0.6) is 11.5 Å². The van der Waals surface area contributed by atoms with Crippen molar-refractivity contribution in [2.75, 3.05) is 13.7 Å². The van der Waals surface area contributed by atoms with Gasteiger partial charge in [0.1, 0.15) is 39.9 Å². The van der Waals surface area contributed by atoms with Crippen molar-refractivity contribution in [1.29, 1.82) is 0 Å². The fourth-order valence-corrected chi connectivity index (χ4v) is 7.57. The summed E-state index contributed by atoms with van der Waals surface area (Å²) in [5.74, 6) is -0.299. The van der Waals surface area contributed by atoms with Crippen molar-refractivity contribution < 1.29 is 29.0 Å². The Morgan fingerprint density at radius 1 is 1.15 bits per heavy atom. The molecular weight excluding hydrogens is 604 g/mol. The molecule has 3 aliphatic rings. The monoisotopic (exact) mass is 646 g/mol. The normalized spacial score (nSPS) is 26.1. The van der Waals surface area contributed by atoms with Crippen molar-refractivity contribution in [3.8, 4) is 22.2 Å². The minimum absolute atomic E-state index is 0.110. The van der Waals surface area contributed by atoms with Gasteiger partial charge in [-0.3, -0.25) is 9.59 Å².